The minimum absolute atomic E-state index is 0.0575. The summed E-state index contributed by atoms with van der Waals surface area (Å²) >= 11 is 0. The van der Waals surface area contributed by atoms with Crippen molar-refractivity contribution >= 4 is 58.6 Å². The van der Waals surface area contributed by atoms with Crippen LogP contribution in [0.25, 0.3) is 0 Å². The number of nitrogens with two attached hydrogens (primary N) is 8. The van der Waals surface area contributed by atoms with Crippen LogP contribution in [0.5, 0.6) is 0 Å². The maximum atomic E-state index is 13.7. The molecule has 0 saturated carbocycles. The van der Waals surface area contributed by atoms with E-state index >= 15 is 0 Å². The fourth-order valence-electron chi connectivity index (χ4n) is 4.60. The van der Waals surface area contributed by atoms with Crippen LogP contribution >= 0.6 is 0 Å². The molecule has 53 heavy (non-hydrogen) atoms. The number of hydrogen-bond donors (Lipinski definition) is 14. The van der Waals surface area contributed by atoms with Crippen LogP contribution in [0, 0.1) is 5.92 Å². The molecule has 5 unspecified atom stereocenters. The lowest BCUT2D eigenvalue weighted by Crippen LogP contribution is -2.66. The van der Waals surface area contributed by atoms with Gasteiger partial charge in [0.15, 0.2) is 41.3 Å². The van der Waals surface area contributed by atoms with Gasteiger partial charge in [-0.2, -0.15) is 0 Å². The summed E-state index contributed by atoms with van der Waals surface area (Å²) in [6, 6.07) is -15.3. The summed E-state index contributed by atoms with van der Waals surface area (Å²) in [4.78, 5) is 128. The van der Waals surface area contributed by atoms with Crippen LogP contribution in [0.3, 0.4) is 0 Å². The van der Waals surface area contributed by atoms with Gasteiger partial charge in [0, 0.05) is 6.42 Å². The molecular weight excluding hydrogens is 706 g/mol. The van der Waals surface area contributed by atoms with Gasteiger partial charge in [-0.3, -0.25) is 53.3 Å². The number of likely N-dealkylation sites (N-methyl/N-ethyl adjacent to an activating group) is 1. The molecular formula is C29H53N13O11. The molecule has 0 bridgehead atoms. The summed E-state index contributed by atoms with van der Waals surface area (Å²) in [7, 11) is 1.12. The fourth-order valence-corrected chi connectivity index (χ4v) is 4.60. The average Bonchev–Trinajstić information content (AvgIpc) is 3.07. The molecule has 300 valence electrons. The van der Waals surface area contributed by atoms with Crippen LogP contribution in [0.1, 0.15) is 46.0 Å². The molecule has 0 aliphatic carbocycles. The van der Waals surface area contributed by atoms with E-state index in [1.165, 1.54) is 6.92 Å². The number of carbonyl (C=O) groups is 10. The molecule has 0 aromatic rings. The first-order chi connectivity index (χ1) is 24.5. The van der Waals surface area contributed by atoms with Crippen molar-refractivity contribution in [3.8, 4) is 0 Å². The van der Waals surface area contributed by atoms with E-state index in [-0.39, 0.29) is 19.4 Å². The van der Waals surface area contributed by atoms with Crippen LogP contribution in [-0.4, -0.2) is 132 Å². The summed E-state index contributed by atoms with van der Waals surface area (Å²) in [5, 5.41) is 19.8. The number of ketones is 4. The zero-order valence-corrected chi connectivity index (χ0v) is 29.7. The molecule has 9 atom stereocenters. The number of aliphatic carboxylic acids is 1. The first-order valence-electron chi connectivity index (χ1n) is 16.3. The van der Waals surface area contributed by atoms with Crippen molar-refractivity contribution in [2.24, 2.45) is 51.8 Å². The van der Waals surface area contributed by atoms with Gasteiger partial charge in [0.2, 0.25) is 17.7 Å². The van der Waals surface area contributed by atoms with E-state index in [0.29, 0.717) is 6.42 Å². The summed E-state index contributed by atoms with van der Waals surface area (Å²) in [5.41, 5.74) is 44.5. The van der Waals surface area contributed by atoms with Crippen LogP contribution < -0.4 is 72.5 Å². The number of carboxylic acids is 1. The van der Waals surface area contributed by atoms with E-state index in [2.05, 4.69) is 10.6 Å². The molecule has 24 heteroatoms. The lowest BCUT2D eigenvalue weighted by atomic mass is 9.91. The first-order valence-corrected chi connectivity index (χ1v) is 16.3. The van der Waals surface area contributed by atoms with Gasteiger partial charge in [-0.15, -0.1) is 0 Å². The summed E-state index contributed by atoms with van der Waals surface area (Å²) < 4.78 is 0. The normalized spacial score (nSPS) is 16.3. The summed E-state index contributed by atoms with van der Waals surface area (Å²) in [6.45, 7) is 3.39. The highest BCUT2D eigenvalue weighted by atomic mass is 16.4. The van der Waals surface area contributed by atoms with E-state index in [1.54, 1.807) is 6.92 Å². The van der Waals surface area contributed by atoms with Gasteiger partial charge in [-0.1, -0.05) is 20.3 Å². The molecule has 0 fully saturated rings. The largest absolute Gasteiger partial charge is 0.481 e. The van der Waals surface area contributed by atoms with Gasteiger partial charge in [0.05, 0.1) is 30.6 Å². The third-order valence-corrected chi connectivity index (χ3v) is 7.93. The Balaban J connectivity index is 6.76. The molecule has 0 saturated heterocycles. The van der Waals surface area contributed by atoms with Crippen molar-refractivity contribution in [2.45, 2.75) is 101 Å². The highest BCUT2D eigenvalue weighted by Crippen LogP contribution is 2.10. The molecule has 0 aromatic heterocycles. The van der Waals surface area contributed by atoms with Crippen molar-refractivity contribution < 1.29 is 53.1 Å². The second-order valence-electron chi connectivity index (χ2n) is 12.2. The summed E-state index contributed by atoms with van der Waals surface area (Å²) in [5.74, 6) is -14.0. The van der Waals surface area contributed by atoms with Crippen molar-refractivity contribution in [3.63, 3.8) is 0 Å². The highest BCUT2D eigenvalue weighted by Gasteiger charge is 2.42. The lowest BCUT2D eigenvalue weighted by Gasteiger charge is -2.28. The maximum absolute atomic E-state index is 13.7. The molecule has 0 heterocycles. The third-order valence-electron chi connectivity index (χ3n) is 7.93. The number of rotatable bonds is 27. The number of carbonyl (C=O) groups excluding carboxylic acids is 9. The minimum Gasteiger partial charge on any atom is -0.481 e. The number of amides is 5. The number of carboxylic acid groups (broad SMARTS) is 1. The zero-order valence-electron chi connectivity index (χ0n) is 29.7. The Labute approximate surface area is 304 Å². The Bertz CT molecular complexity index is 1380. The second kappa shape index (κ2) is 23.0. The van der Waals surface area contributed by atoms with E-state index in [9.17, 15) is 47.9 Å². The van der Waals surface area contributed by atoms with E-state index in [0.717, 1.165) is 7.05 Å². The van der Waals surface area contributed by atoms with Crippen molar-refractivity contribution in [2.75, 3.05) is 13.6 Å². The predicted molar refractivity (Wildman–Crippen MR) is 185 cm³/mol. The Morgan fingerprint density at radius 1 is 0.623 bits per heavy atom. The minimum atomic E-state index is -2.48. The topological polar surface area (TPSA) is 459 Å². The van der Waals surface area contributed by atoms with Gasteiger partial charge in [0.25, 0.3) is 11.8 Å². The number of Topliss-reactive ketones (excluding diaryl/α,β-unsaturated/α-hetero) is 4. The van der Waals surface area contributed by atoms with Crippen molar-refractivity contribution in [1.29, 1.82) is 0 Å². The first kappa shape index (κ1) is 48.2. The Kier molecular flexibility index (Phi) is 20.9. The number of primary amides is 2. The van der Waals surface area contributed by atoms with Crippen molar-refractivity contribution in [1.82, 2.24) is 26.6 Å². The van der Waals surface area contributed by atoms with Gasteiger partial charge in [0.1, 0.15) is 12.3 Å². The second-order valence-corrected chi connectivity index (χ2v) is 12.2. The predicted octanol–water partition coefficient (Wildman–Crippen LogP) is -8.93. The van der Waals surface area contributed by atoms with Crippen LogP contribution in [0.4, 0.5) is 0 Å². The highest BCUT2D eigenvalue weighted by molar-refractivity contribution is 6.18. The zero-order chi connectivity index (χ0) is 41.3. The molecule has 0 aliphatic heterocycles. The number of hydrogen-bond acceptors (Lipinski definition) is 18. The average molecular weight is 760 g/mol. The van der Waals surface area contributed by atoms with Crippen LogP contribution in [-0.2, 0) is 47.9 Å². The fraction of sp³-hybridized carbons (Fsp3) is 0.655. The molecule has 0 aromatic carbocycles. The molecule has 0 rings (SSSR count). The van der Waals surface area contributed by atoms with Gasteiger partial charge >= 0.3 is 5.97 Å². The third kappa shape index (κ3) is 15.8. The number of nitrogens with one attached hydrogen (secondary N) is 5. The molecule has 5 amide bonds. The molecule has 24 nitrogen and oxygen atoms in total. The monoisotopic (exact) mass is 759 g/mol. The van der Waals surface area contributed by atoms with Crippen LogP contribution in [0.15, 0.2) is 0 Å². The molecule has 0 radical (unpaired) electrons. The van der Waals surface area contributed by atoms with Gasteiger partial charge in [-0.25, -0.2) is 0 Å². The van der Waals surface area contributed by atoms with Crippen LogP contribution in [0.2, 0.25) is 0 Å². The SMILES string of the molecule is CC[C@H](C)C(N)C(=O)C(NC(=O)C(NC)C(=O)[C@@H](N)CC(=O)O)C(=O)NC(C(=O)NC(C(N)=O)C(=O)[C@@H](N)CCCNC(N)N)C(=O)[C@@H](N)CC(N)=O. The quantitative estimate of drug-likeness (QED) is 0.0210. The lowest BCUT2D eigenvalue weighted by molar-refractivity contribution is -0.143. The van der Waals surface area contributed by atoms with Gasteiger partial charge in [-0.05, 0) is 32.4 Å². The van der Waals surface area contributed by atoms with E-state index < -0.39 is 132 Å². The van der Waals surface area contributed by atoms with E-state index in [4.69, 9.17) is 51.0 Å². The van der Waals surface area contributed by atoms with E-state index in [1.807, 2.05) is 16.0 Å². The van der Waals surface area contributed by atoms with Crippen molar-refractivity contribution in [3.05, 3.63) is 0 Å². The Hall–Kier alpha value is -4.82. The standard InChI is InChI=1S/C29H53N13O11/c1-4-10(2)16(34)24(49)20(42-26(51)18(38-3)22(47)13(32)9-15(44)45)28(53)41-19(23(48)12(31)8-14(33)43)27(52)40-17(25(35)50)21(46)11(30)6-5-7-39-29(36)37/h10-13,16-20,29,38-39H,4-9,30-32,34,36-37H2,1-3H3,(H2,33,43)(H2,35,50)(H,40,52)(H,41,53)(H,42,51)(H,44,45)/t10-,11-,12-,13-,16?,17?,18?,19?,20?/m0/s1. The molecule has 22 N–H and O–H groups in total. The Morgan fingerprint density at radius 2 is 1.06 bits per heavy atom. The maximum Gasteiger partial charge on any atom is 0.305 e. The molecule has 0 aliphatic rings. The summed E-state index contributed by atoms with van der Waals surface area (Å²) in [6.07, 6.45) is -2.14. The van der Waals surface area contributed by atoms with Gasteiger partial charge < -0.3 is 72.2 Å². The molecule has 0 spiro atoms. The Morgan fingerprint density at radius 3 is 1.49 bits per heavy atom. The smallest absolute Gasteiger partial charge is 0.305 e.